The molecule has 0 aliphatic rings. The molecule has 1 amide bonds. The van der Waals surface area contributed by atoms with Gasteiger partial charge in [-0.2, -0.15) is 0 Å². The molecular weight excluding hydrogens is 302 g/mol. The maximum absolute atomic E-state index is 12.2. The second kappa shape index (κ2) is 5.90. The fraction of sp³-hybridized carbons (Fsp3) is 0.0667. The first kappa shape index (κ1) is 14.2. The fourth-order valence-corrected chi connectivity index (χ4v) is 2.67. The number of nitrogens with one attached hydrogen (secondary N) is 1. The summed E-state index contributed by atoms with van der Waals surface area (Å²) in [5.74, 6) is -0.930. The van der Waals surface area contributed by atoms with E-state index in [2.05, 4.69) is 15.3 Å². The maximum Gasteiger partial charge on any atom is 0.340 e. The lowest BCUT2D eigenvalue weighted by atomic mass is 10.1. The predicted octanol–water partition coefficient (Wildman–Crippen LogP) is 2.73. The highest BCUT2D eigenvalue weighted by molar-refractivity contribution is 7.16. The van der Waals surface area contributed by atoms with Gasteiger partial charge in [0.25, 0.3) is 5.91 Å². The van der Waals surface area contributed by atoms with Crippen molar-refractivity contribution < 1.29 is 14.3 Å². The van der Waals surface area contributed by atoms with E-state index in [1.54, 1.807) is 35.8 Å². The lowest BCUT2D eigenvalue weighted by Crippen LogP contribution is -2.16. The largest absolute Gasteiger partial charge is 0.465 e. The number of methoxy groups -OCH3 is 1. The minimum absolute atomic E-state index is 0.255. The highest BCUT2D eigenvalue weighted by Gasteiger charge is 2.17. The normalized spacial score (nSPS) is 10.4. The van der Waals surface area contributed by atoms with Crippen LogP contribution in [-0.4, -0.2) is 29.0 Å². The summed E-state index contributed by atoms with van der Waals surface area (Å²) in [6, 6.07) is 8.35. The third-order valence-electron chi connectivity index (χ3n) is 3.02. The van der Waals surface area contributed by atoms with Crippen molar-refractivity contribution in [3.63, 3.8) is 0 Å². The summed E-state index contributed by atoms with van der Waals surface area (Å²) in [7, 11) is 1.29. The monoisotopic (exact) mass is 313 g/mol. The summed E-state index contributed by atoms with van der Waals surface area (Å²) in [4.78, 5) is 32.3. The Balaban J connectivity index is 2.01. The van der Waals surface area contributed by atoms with Crippen LogP contribution in [-0.2, 0) is 4.74 Å². The number of esters is 1. The molecule has 0 aliphatic carbocycles. The molecule has 0 fully saturated rings. The van der Waals surface area contributed by atoms with Crippen LogP contribution in [0.25, 0.3) is 10.2 Å². The molecule has 0 saturated heterocycles. The minimum Gasteiger partial charge on any atom is -0.465 e. The zero-order valence-electron chi connectivity index (χ0n) is 11.6. The maximum atomic E-state index is 12.2. The summed E-state index contributed by atoms with van der Waals surface area (Å²) in [5.41, 5.74) is 3.25. The lowest BCUT2D eigenvalue weighted by molar-refractivity contribution is 0.0602. The van der Waals surface area contributed by atoms with Crippen molar-refractivity contribution in [2.24, 2.45) is 0 Å². The highest BCUT2D eigenvalue weighted by Crippen LogP contribution is 2.27. The van der Waals surface area contributed by atoms with Crippen molar-refractivity contribution in [3.8, 4) is 0 Å². The van der Waals surface area contributed by atoms with Crippen LogP contribution >= 0.6 is 11.3 Å². The van der Waals surface area contributed by atoms with Crippen LogP contribution < -0.4 is 5.32 Å². The Morgan fingerprint density at radius 3 is 2.82 bits per heavy atom. The molecule has 0 unspecified atom stereocenters. The third-order valence-corrected chi connectivity index (χ3v) is 3.81. The number of nitrogens with zero attached hydrogens (tertiary/aromatic N) is 2. The van der Waals surface area contributed by atoms with Crippen LogP contribution in [0.15, 0.2) is 42.0 Å². The smallest absolute Gasteiger partial charge is 0.340 e. The quantitative estimate of drug-likeness (QED) is 0.752. The number of thiazole rings is 1. The Kier molecular flexibility index (Phi) is 3.80. The Labute approximate surface area is 129 Å². The lowest BCUT2D eigenvalue weighted by Gasteiger charge is -2.09. The molecule has 1 N–H and O–H groups in total. The Hall–Kier alpha value is -2.80. The van der Waals surface area contributed by atoms with E-state index in [1.165, 1.54) is 24.6 Å². The molecule has 7 heteroatoms. The number of rotatable bonds is 3. The first-order valence-corrected chi connectivity index (χ1v) is 7.25. The highest BCUT2D eigenvalue weighted by atomic mass is 32.1. The van der Waals surface area contributed by atoms with Gasteiger partial charge in [0.15, 0.2) is 0 Å². The van der Waals surface area contributed by atoms with Crippen LogP contribution in [0.1, 0.15) is 20.8 Å². The van der Waals surface area contributed by atoms with Gasteiger partial charge in [-0.05, 0) is 24.3 Å². The number of fused-ring (bicyclic) bond motifs is 1. The van der Waals surface area contributed by atoms with Gasteiger partial charge in [-0.15, -0.1) is 11.3 Å². The van der Waals surface area contributed by atoms with E-state index in [0.717, 1.165) is 4.70 Å². The van der Waals surface area contributed by atoms with Crippen molar-refractivity contribution in [1.29, 1.82) is 0 Å². The number of ether oxygens (including phenoxy) is 1. The topological polar surface area (TPSA) is 81.2 Å². The SMILES string of the molecule is COC(=O)c1cc2ncsc2cc1NC(=O)c1ccccn1. The van der Waals surface area contributed by atoms with Crippen molar-refractivity contribution in [2.75, 3.05) is 12.4 Å². The molecule has 0 aliphatic heterocycles. The second-order valence-electron chi connectivity index (χ2n) is 4.38. The number of benzene rings is 1. The van der Waals surface area contributed by atoms with E-state index in [4.69, 9.17) is 4.74 Å². The number of aromatic nitrogens is 2. The Bertz CT molecular complexity index is 846. The van der Waals surface area contributed by atoms with E-state index in [9.17, 15) is 9.59 Å². The number of pyridine rings is 1. The third kappa shape index (κ3) is 2.66. The summed E-state index contributed by atoms with van der Waals surface area (Å²) in [6.07, 6.45) is 1.53. The van der Waals surface area contributed by atoms with Gasteiger partial charge in [0.2, 0.25) is 0 Å². The van der Waals surface area contributed by atoms with Gasteiger partial charge >= 0.3 is 5.97 Å². The van der Waals surface area contributed by atoms with Crippen LogP contribution in [0.3, 0.4) is 0 Å². The summed E-state index contributed by atoms with van der Waals surface area (Å²) in [6.45, 7) is 0. The van der Waals surface area contributed by atoms with Crippen LogP contribution in [0.2, 0.25) is 0 Å². The van der Waals surface area contributed by atoms with Crippen molar-refractivity contribution in [3.05, 3.63) is 53.3 Å². The summed E-state index contributed by atoms with van der Waals surface area (Å²) >= 11 is 1.42. The van der Waals surface area contributed by atoms with E-state index >= 15 is 0 Å². The first-order valence-electron chi connectivity index (χ1n) is 6.37. The van der Waals surface area contributed by atoms with Crippen LogP contribution in [0, 0.1) is 0 Å². The van der Waals surface area contributed by atoms with Crippen molar-refractivity contribution >= 4 is 39.1 Å². The van der Waals surface area contributed by atoms with E-state index in [1.807, 2.05) is 0 Å². The average Bonchev–Trinajstić information content (AvgIpc) is 3.01. The minimum atomic E-state index is -0.536. The van der Waals surface area contributed by atoms with Gasteiger partial charge in [-0.25, -0.2) is 9.78 Å². The Morgan fingerprint density at radius 1 is 1.23 bits per heavy atom. The number of carbonyl (C=O) groups excluding carboxylic acids is 2. The number of anilines is 1. The van der Waals surface area contributed by atoms with Crippen molar-refractivity contribution in [2.45, 2.75) is 0 Å². The molecule has 0 saturated carbocycles. The molecule has 1 aromatic carbocycles. The molecule has 0 spiro atoms. The molecule has 0 radical (unpaired) electrons. The van der Waals surface area contributed by atoms with E-state index in [-0.39, 0.29) is 11.3 Å². The zero-order chi connectivity index (χ0) is 15.5. The molecule has 2 aromatic heterocycles. The van der Waals surface area contributed by atoms with E-state index in [0.29, 0.717) is 11.2 Å². The molecule has 22 heavy (non-hydrogen) atoms. The average molecular weight is 313 g/mol. The standard InChI is InChI=1S/C15H11N3O3S/c1-21-15(20)9-6-12-13(22-8-17-12)7-11(9)18-14(19)10-4-2-3-5-16-10/h2-8H,1H3,(H,18,19). The number of hydrogen-bond acceptors (Lipinski definition) is 6. The summed E-state index contributed by atoms with van der Waals surface area (Å²) < 4.78 is 5.62. The summed E-state index contributed by atoms with van der Waals surface area (Å²) in [5, 5.41) is 2.70. The van der Waals surface area contributed by atoms with Gasteiger partial charge in [0, 0.05) is 6.20 Å². The number of hydrogen-bond donors (Lipinski definition) is 1. The van der Waals surface area contributed by atoms with Gasteiger partial charge in [-0.1, -0.05) is 6.07 Å². The van der Waals surface area contributed by atoms with E-state index < -0.39 is 11.9 Å². The molecule has 0 bridgehead atoms. The number of amides is 1. The second-order valence-corrected chi connectivity index (χ2v) is 5.26. The molecule has 0 atom stereocenters. The Morgan fingerprint density at radius 2 is 2.09 bits per heavy atom. The van der Waals surface area contributed by atoms with Crippen molar-refractivity contribution in [1.82, 2.24) is 9.97 Å². The fourth-order valence-electron chi connectivity index (χ4n) is 1.97. The van der Waals surface area contributed by atoms with Gasteiger partial charge in [-0.3, -0.25) is 9.78 Å². The molecule has 2 heterocycles. The van der Waals surface area contributed by atoms with Gasteiger partial charge < -0.3 is 10.1 Å². The first-order chi connectivity index (χ1) is 10.7. The molecule has 3 rings (SSSR count). The van der Waals surface area contributed by atoms with Crippen LogP contribution in [0.5, 0.6) is 0 Å². The van der Waals surface area contributed by atoms with Gasteiger partial charge in [0.05, 0.1) is 34.1 Å². The molecule has 110 valence electrons. The predicted molar refractivity (Wildman–Crippen MR) is 83.1 cm³/mol. The number of carbonyl (C=O) groups is 2. The van der Waals surface area contributed by atoms with Crippen LogP contribution in [0.4, 0.5) is 5.69 Å². The molecule has 6 nitrogen and oxygen atoms in total. The van der Waals surface area contributed by atoms with Gasteiger partial charge in [0.1, 0.15) is 5.69 Å². The molecule has 3 aromatic rings. The zero-order valence-corrected chi connectivity index (χ0v) is 12.4. The molecular formula is C15H11N3O3S.